The van der Waals surface area contributed by atoms with Crippen molar-refractivity contribution in [2.24, 2.45) is 0 Å². The number of hydrogen-bond donors (Lipinski definition) is 3. The second kappa shape index (κ2) is 13.3. The quantitative estimate of drug-likeness (QED) is 0.304. The predicted molar refractivity (Wildman–Crippen MR) is 141 cm³/mol. The van der Waals surface area contributed by atoms with Crippen molar-refractivity contribution in [2.45, 2.75) is 31.3 Å². The Morgan fingerprint density at radius 2 is 1.51 bits per heavy atom. The second-order valence-electron chi connectivity index (χ2n) is 8.60. The summed E-state index contributed by atoms with van der Waals surface area (Å²) < 4.78 is 32.2. The molecule has 1 heterocycles. The SMILES string of the molecule is CC(C)OC(=O)CNC(=O)c1ccc(C(=O)NS(=O)(=O)c2ccc(CCNC(=O)c3ccccc3)cc2)cn1. The van der Waals surface area contributed by atoms with Crippen LogP contribution in [-0.2, 0) is 26.0 Å². The Morgan fingerprint density at radius 1 is 0.821 bits per heavy atom. The Labute approximate surface area is 226 Å². The lowest BCUT2D eigenvalue weighted by Gasteiger charge is -2.10. The molecule has 0 aliphatic heterocycles. The molecule has 12 heteroatoms. The molecule has 3 rings (SSSR count). The van der Waals surface area contributed by atoms with Crippen LogP contribution in [0.2, 0.25) is 0 Å². The Balaban J connectivity index is 1.52. The van der Waals surface area contributed by atoms with Crippen LogP contribution < -0.4 is 15.4 Å². The van der Waals surface area contributed by atoms with Crippen molar-refractivity contribution in [3.63, 3.8) is 0 Å². The molecule has 0 saturated carbocycles. The minimum Gasteiger partial charge on any atom is -0.462 e. The minimum atomic E-state index is -4.18. The maximum Gasteiger partial charge on any atom is 0.325 e. The number of benzene rings is 2. The number of nitrogens with one attached hydrogen (secondary N) is 3. The molecular weight excluding hydrogens is 524 g/mol. The molecule has 0 spiro atoms. The van der Waals surface area contributed by atoms with Gasteiger partial charge in [-0.25, -0.2) is 13.1 Å². The number of hydrogen-bond acceptors (Lipinski definition) is 8. The van der Waals surface area contributed by atoms with Gasteiger partial charge in [0.2, 0.25) is 0 Å². The van der Waals surface area contributed by atoms with Gasteiger partial charge in [0, 0.05) is 18.3 Å². The molecule has 39 heavy (non-hydrogen) atoms. The van der Waals surface area contributed by atoms with Gasteiger partial charge in [0.05, 0.1) is 16.6 Å². The van der Waals surface area contributed by atoms with E-state index in [-0.39, 0.29) is 34.7 Å². The Morgan fingerprint density at radius 3 is 2.13 bits per heavy atom. The molecule has 0 unspecified atom stereocenters. The van der Waals surface area contributed by atoms with E-state index in [1.807, 2.05) is 10.8 Å². The van der Waals surface area contributed by atoms with Gasteiger partial charge in [-0.1, -0.05) is 30.3 Å². The summed E-state index contributed by atoms with van der Waals surface area (Å²) in [5.41, 5.74) is 1.19. The van der Waals surface area contributed by atoms with E-state index in [4.69, 9.17) is 4.74 Å². The molecule has 0 saturated heterocycles. The summed E-state index contributed by atoms with van der Waals surface area (Å²) in [6, 6.07) is 17.2. The first-order chi connectivity index (χ1) is 18.5. The van der Waals surface area contributed by atoms with E-state index in [9.17, 15) is 27.6 Å². The van der Waals surface area contributed by atoms with Crippen molar-refractivity contribution in [2.75, 3.05) is 13.1 Å². The van der Waals surface area contributed by atoms with Crippen LogP contribution in [0, 0.1) is 0 Å². The number of carbonyl (C=O) groups excluding carboxylic acids is 4. The molecular formula is C27H28N4O7S. The third kappa shape index (κ3) is 8.75. The Kier molecular flexibility index (Phi) is 9.87. The summed E-state index contributed by atoms with van der Waals surface area (Å²) in [5, 5.41) is 5.15. The monoisotopic (exact) mass is 552 g/mol. The largest absolute Gasteiger partial charge is 0.462 e. The second-order valence-corrected chi connectivity index (χ2v) is 10.3. The third-order valence-corrected chi connectivity index (χ3v) is 6.56. The highest BCUT2D eigenvalue weighted by Crippen LogP contribution is 2.12. The first-order valence-corrected chi connectivity index (χ1v) is 13.5. The standard InChI is InChI=1S/C27H28N4O7S/c1-18(2)38-24(32)17-30-27(35)23-13-10-21(16-29-23)26(34)31-39(36,37)22-11-8-19(9-12-22)14-15-28-25(33)20-6-4-3-5-7-20/h3-13,16,18H,14-15,17H2,1-2H3,(H,28,33)(H,30,35)(H,31,34). The van der Waals surface area contributed by atoms with E-state index in [2.05, 4.69) is 15.6 Å². The van der Waals surface area contributed by atoms with Crippen LogP contribution in [0.4, 0.5) is 0 Å². The lowest BCUT2D eigenvalue weighted by atomic mass is 10.1. The summed E-state index contributed by atoms with van der Waals surface area (Å²) in [6.45, 7) is 3.37. The average molecular weight is 553 g/mol. The lowest BCUT2D eigenvalue weighted by Crippen LogP contribution is -2.32. The molecule has 3 N–H and O–H groups in total. The van der Waals surface area contributed by atoms with Gasteiger partial charge in [0.1, 0.15) is 12.2 Å². The number of carbonyl (C=O) groups is 4. The number of sulfonamides is 1. The van der Waals surface area contributed by atoms with Crippen molar-refractivity contribution in [1.82, 2.24) is 20.3 Å². The summed E-state index contributed by atoms with van der Waals surface area (Å²) in [5.74, 6) is -2.40. The number of nitrogens with zero attached hydrogens (tertiary/aromatic N) is 1. The van der Waals surface area contributed by atoms with E-state index in [0.29, 0.717) is 18.5 Å². The first-order valence-electron chi connectivity index (χ1n) is 12.0. The number of aromatic nitrogens is 1. The molecule has 0 aliphatic rings. The van der Waals surface area contributed by atoms with Crippen LogP contribution in [0.1, 0.15) is 50.6 Å². The van der Waals surface area contributed by atoms with Crippen molar-refractivity contribution in [3.05, 3.63) is 95.3 Å². The average Bonchev–Trinajstić information content (AvgIpc) is 2.92. The topological polar surface area (TPSA) is 161 Å². The van der Waals surface area contributed by atoms with Crippen LogP contribution in [0.3, 0.4) is 0 Å². The molecule has 204 valence electrons. The highest BCUT2D eigenvalue weighted by molar-refractivity contribution is 7.90. The highest BCUT2D eigenvalue weighted by atomic mass is 32.2. The number of esters is 1. The van der Waals surface area contributed by atoms with E-state index >= 15 is 0 Å². The zero-order chi connectivity index (χ0) is 28.4. The smallest absolute Gasteiger partial charge is 0.325 e. The molecule has 0 bridgehead atoms. The maximum absolute atomic E-state index is 12.7. The molecule has 0 atom stereocenters. The fourth-order valence-electron chi connectivity index (χ4n) is 3.30. The molecule has 3 aromatic rings. The predicted octanol–water partition coefficient (Wildman–Crippen LogP) is 1.85. The number of rotatable bonds is 11. The van der Waals surface area contributed by atoms with Crippen LogP contribution >= 0.6 is 0 Å². The number of amides is 3. The summed E-state index contributed by atoms with van der Waals surface area (Å²) >= 11 is 0. The van der Waals surface area contributed by atoms with Crippen LogP contribution in [0.25, 0.3) is 0 Å². The fourth-order valence-corrected chi connectivity index (χ4v) is 4.27. The highest BCUT2D eigenvalue weighted by Gasteiger charge is 2.20. The van der Waals surface area contributed by atoms with Crippen LogP contribution in [-0.4, -0.2) is 56.3 Å². The van der Waals surface area contributed by atoms with Crippen molar-refractivity contribution < 1.29 is 32.3 Å². The van der Waals surface area contributed by atoms with Gasteiger partial charge in [-0.15, -0.1) is 0 Å². The van der Waals surface area contributed by atoms with Gasteiger partial charge < -0.3 is 15.4 Å². The van der Waals surface area contributed by atoms with Gasteiger partial charge in [-0.05, 0) is 62.2 Å². The Hall–Kier alpha value is -4.58. The normalized spacial score (nSPS) is 10.9. The van der Waals surface area contributed by atoms with Crippen LogP contribution in [0.15, 0.2) is 77.8 Å². The first kappa shape index (κ1) is 29.0. The van der Waals surface area contributed by atoms with Gasteiger partial charge in [-0.2, -0.15) is 0 Å². The van der Waals surface area contributed by atoms with Gasteiger partial charge in [-0.3, -0.25) is 24.2 Å². The number of pyridine rings is 1. The van der Waals surface area contributed by atoms with Gasteiger partial charge >= 0.3 is 5.97 Å². The van der Waals surface area contributed by atoms with E-state index in [1.165, 1.54) is 24.3 Å². The Bertz CT molecular complexity index is 1420. The zero-order valence-corrected chi connectivity index (χ0v) is 22.2. The third-order valence-electron chi connectivity index (χ3n) is 5.21. The summed E-state index contributed by atoms with van der Waals surface area (Å²) in [4.78, 5) is 52.0. The fraction of sp³-hybridized carbons (Fsp3) is 0.222. The van der Waals surface area contributed by atoms with Crippen molar-refractivity contribution in [3.8, 4) is 0 Å². The lowest BCUT2D eigenvalue weighted by molar-refractivity contribution is -0.146. The molecule has 0 aliphatic carbocycles. The number of ether oxygens (including phenoxy) is 1. The van der Waals surface area contributed by atoms with Crippen LogP contribution in [0.5, 0.6) is 0 Å². The van der Waals surface area contributed by atoms with Gasteiger partial charge in [0.15, 0.2) is 0 Å². The maximum atomic E-state index is 12.7. The minimum absolute atomic E-state index is 0.0673. The zero-order valence-electron chi connectivity index (χ0n) is 21.3. The van der Waals surface area contributed by atoms with Crippen molar-refractivity contribution in [1.29, 1.82) is 0 Å². The van der Waals surface area contributed by atoms with Crippen molar-refractivity contribution >= 4 is 33.7 Å². The summed E-state index contributed by atoms with van der Waals surface area (Å²) in [6.07, 6.45) is 1.22. The van der Waals surface area contributed by atoms with Gasteiger partial charge in [0.25, 0.3) is 27.7 Å². The van der Waals surface area contributed by atoms with E-state index < -0.39 is 27.8 Å². The van der Waals surface area contributed by atoms with E-state index in [0.717, 1.165) is 11.8 Å². The molecule has 11 nitrogen and oxygen atoms in total. The molecule has 1 aromatic heterocycles. The molecule has 0 fully saturated rings. The molecule has 2 aromatic carbocycles. The van der Waals surface area contributed by atoms with E-state index in [1.54, 1.807) is 50.2 Å². The molecule has 3 amide bonds. The molecule has 0 radical (unpaired) electrons. The summed E-state index contributed by atoms with van der Waals surface area (Å²) in [7, 11) is -4.18.